The number of hydrogen-bond donors (Lipinski definition) is 1. The van der Waals surface area contributed by atoms with Crippen LogP contribution in [0, 0.1) is 0 Å². The molecule has 0 aliphatic heterocycles. The molecule has 0 radical (unpaired) electrons. The zero-order valence-electron chi connectivity index (χ0n) is 16.1. The van der Waals surface area contributed by atoms with Gasteiger partial charge < -0.3 is 18.6 Å². The number of alkyl halides is 2. The van der Waals surface area contributed by atoms with Crippen molar-refractivity contribution in [2.75, 3.05) is 12.4 Å². The van der Waals surface area contributed by atoms with Crippen LogP contribution in [0.5, 0.6) is 17.2 Å². The zero-order chi connectivity index (χ0) is 21.8. The van der Waals surface area contributed by atoms with Crippen LogP contribution in [0.2, 0.25) is 0 Å². The number of furan rings is 1. The number of aromatic nitrogens is 1. The second kappa shape index (κ2) is 9.00. The van der Waals surface area contributed by atoms with Crippen molar-refractivity contribution in [3.8, 4) is 17.2 Å². The summed E-state index contributed by atoms with van der Waals surface area (Å²) in [6.45, 7) is -2.76. The SMILES string of the molecule is COc1ccc(OCc2ccc(C(=O)Nc3nc4ccc(OC(F)F)cc4s3)o2)cc1. The van der Waals surface area contributed by atoms with E-state index in [1.165, 1.54) is 18.2 Å². The standard InChI is InChI=1S/C21H16F2N2O5S/c1-27-12-2-4-13(5-3-12)28-11-15-7-9-17(29-15)19(26)25-21-24-16-8-6-14(30-20(22)23)10-18(16)31-21/h2-10,20H,11H2,1H3,(H,24,25,26). The van der Waals surface area contributed by atoms with E-state index in [1.54, 1.807) is 43.5 Å². The average molecular weight is 446 g/mol. The number of rotatable bonds is 8. The fraction of sp³-hybridized carbons (Fsp3) is 0.143. The van der Waals surface area contributed by atoms with Gasteiger partial charge in [-0.1, -0.05) is 11.3 Å². The first-order valence-corrected chi connectivity index (χ1v) is 9.84. The Morgan fingerprint density at radius 1 is 1.10 bits per heavy atom. The molecule has 2 aromatic carbocycles. The largest absolute Gasteiger partial charge is 0.497 e. The van der Waals surface area contributed by atoms with E-state index in [9.17, 15) is 13.6 Å². The normalized spacial score (nSPS) is 11.0. The number of hydrogen-bond acceptors (Lipinski definition) is 7. The summed E-state index contributed by atoms with van der Waals surface area (Å²) in [6, 6.07) is 14.6. The molecule has 7 nitrogen and oxygen atoms in total. The number of amides is 1. The molecule has 1 amide bonds. The zero-order valence-corrected chi connectivity index (χ0v) is 16.9. The van der Waals surface area contributed by atoms with Gasteiger partial charge in [-0.3, -0.25) is 10.1 Å². The molecule has 0 bridgehead atoms. The molecule has 0 fully saturated rings. The van der Waals surface area contributed by atoms with Crippen LogP contribution in [-0.2, 0) is 6.61 Å². The van der Waals surface area contributed by atoms with Crippen molar-refractivity contribution in [3.63, 3.8) is 0 Å². The van der Waals surface area contributed by atoms with Gasteiger partial charge in [0, 0.05) is 0 Å². The highest BCUT2D eigenvalue weighted by Crippen LogP contribution is 2.30. The third-order valence-electron chi connectivity index (χ3n) is 4.13. The van der Waals surface area contributed by atoms with Gasteiger partial charge in [-0.05, 0) is 54.6 Å². The fourth-order valence-corrected chi connectivity index (χ4v) is 3.59. The first-order chi connectivity index (χ1) is 15.0. The molecule has 31 heavy (non-hydrogen) atoms. The minimum Gasteiger partial charge on any atom is -0.497 e. The summed E-state index contributed by atoms with van der Waals surface area (Å²) >= 11 is 1.13. The van der Waals surface area contributed by atoms with Gasteiger partial charge in [-0.15, -0.1) is 0 Å². The van der Waals surface area contributed by atoms with Gasteiger partial charge in [0.25, 0.3) is 5.91 Å². The Labute approximate surface area is 179 Å². The predicted octanol–water partition coefficient (Wildman–Crippen LogP) is 5.33. The molecule has 10 heteroatoms. The minimum absolute atomic E-state index is 0.0246. The van der Waals surface area contributed by atoms with Crippen LogP contribution in [0.4, 0.5) is 13.9 Å². The Morgan fingerprint density at radius 2 is 1.84 bits per heavy atom. The Kier molecular flexibility index (Phi) is 5.99. The first-order valence-electron chi connectivity index (χ1n) is 9.02. The number of nitrogens with zero attached hydrogens (tertiary/aromatic N) is 1. The van der Waals surface area contributed by atoms with Gasteiger partial charge in [0.2, 0.25) is 0 Å². The molecule has 1 N–H and O–H groups in total. The van der Waals surface area contributed by atoms with Gasteiger partial charge in [-0.2, -0.15) is 8.78 Å². The molecule has 0 atom stereocenters. The second-order valence-electron chi connectivity index (χ2n) is 6.21. The van der Waals surface area contributed by atoms with E-state index in [4.69, 9.17) is 13.9 Å². The molecule has 2 heterocycles. The summed E-state index contributed by atoms with van der Waals surface area (Å²) in [7, 11) is 1.58. The third kappa shape index (κ3) is 5.10. The molecule has 0 aliphatic rings. The number of carbonyl (C=O) groups excluding carboxylic acids is 1. The van der Waals surface area contributed by atoms with Crippen LogP contribution >= 0.6 is 11.3 Å². The molecule has 0 saturated heterocycles. The summed E-state index contributed by atoms with van der Waals surface area (Å²) < 4.78 is 45.9. The molecular weight excluding hydrogens is 430 g/mol. The number of thiazole rings is 1. The van der Waals surface area contributed by atoms with E-state index in [1.807, 2.05) is 0 Å². The fourth-order valence-electron chi connectivity index (χ4n) is 2.70. The maximum Gasteiger partial charge on any atom is 0.387 e. The highest BCUT2D eigenvalue weighted by molar-refractivity contribution is 7.22. The van der Waals surface area contributed by atoms with Gasteiger partial charge >= 0.3 is 6.61 Å². The minimum atomic E-state index is -2.91. The van der Waals surface area contributed by atoms with Gasteiger partial charge in [0.1, 0.15) is 29.6 Å². The number of benzene rings is 2. The van der Waals surface area contributed by atoms with E-state index in [0.717, 1.165) is 17.1 Å². The van der Waals surface area contributed by atoms with Crippen molar-refractivity contribution in [3.05, 3.63) is 66.1 Å². The number of halogens is 2. The third-order valence-corrected chi connectivity index (χ3v) is 5.07. The first kappa shape index (κ1) is 20.6. The maximum atomic E-state index is 12.4. The molecule has 4 rings (SSSR count). The molecule has 0 unspecified atom stereocenters. The van der Waals surface area contributed by atoms with Crippen molar-refractivity contribution in [2.24, 2.45) is 0 Å². The van der Waals surface area contributed by atoms with Crippen LogP contribution in [0.25, 0.3) is 10.2 Å². The Morgan fingerprint density at radius 3 is 2.58 bits per heavy atom. The van der Waals surface area contributed by atoms with E-state index >= 15 is 0 Å². The molecule has 4 aromatic rings. The molecule has 0 spiro atoms. The summed E-state index contributed by atoms with van der Waals surface area (Å²) in [5, 5.41) is 2.95. The summed E-state index contributed by atoms with van der Waals surface area (Å²) in [5.74, 6) is 1.45. The van der Waals surface area contributed by atoms with Crippen molar-refractivity contribution >= 4 is 32.6 Å². The summed E-state index contributed by atoms with van der Waals surface area (Å²) in [6.07, 6.45) is 0. The highest BCUT2D eigenvalue weighted by Gasteiger charge is 2.15. The Hall–Kier alpha value is -3.66. The van der Waals surface area contributed by atoms with Crippen LogP contribution in [0.1, 0.15) is 16.3 Å². The van der Waals surface area contributed by atoms with E-state index in [-0.39, 0.29) is 18.1 Å². The summed E-state index contributed by atoms with van der Waals surface area (Å²) in [4.78, 5) is 16.7. The average Bonchev–Trinajstić information content (AvgIpc) is 3.38. The topological polar surface area (TPSA) is 82.8 Å². The second-order valence-corrected chi connectivity index (χ2v) is 7.24. The van der Waals surface area contributed by atoms with Crippen molar-refractivity contribution in [1.29, 1.82) is 0 Å². The summed E-state index contributed by atoms with van der Waals surface area (Å²) in [5.41, 5.74) is 0.551. The molecule has 2 aromatic heterocycles. The number of carbonyl (C=O) groups is 1. The van der Waals surface area contributed by atoms with Crippen LogP contribution in [0.15, 0.2) is 59.0 Å². The lowest BCUT2D eigenvalue weighted by Crippen LogP contribution is -2.10. The highest BCUT2D eigenvalue weighted by atomic mass is 32.1. The number of anilines is 1. The van der Waals surface area contributed by atoms with Crippen LogP contribution in [-0.4, -0.2) is 24.6 Å². The number of ether oxygens (including phenoxy) is 3. The lowest BCUT2D eigenvalue weighted by molar-refractivity contribution is -0.0497. The lowest BCUT2D eigenvalue weighted by Gasteiger charge is -2.05. The van der Waals surface area contributed by atoms with Crippen molar-refractivity contribution in [1.82, 2.24) is 4.98 Å². The monoisotopic (exact) mass is 446 g/mol. The number of methoxy groups -OCH3 is 1. The van der Waals surface area contributed by atoms with E-state index in [2.05, 4.69) is 15.0 Å². The lowest BCUT2D eigenvalue weighted by atomic mass is 10.3. The Balaban J connectivity index is 1.38. The maximum absolute atomic E-state index is 12.4. The smallest absolute Gasteiger partial charge is 0.387 e. The van der Waals surface area contributed by atoms with Gasteiger partial charge in [0.05, 0.1) is 17.3 Å². The van der Waals surface area contributed by atoms with E-state index in [0.29, 0.717) is 26.9 Å². The molecule has 0 aliphatic carbocycles. The number of fused-ring (bicyclic) bond motifs is 1. The van der Waals surface area contributed by atoms with Gasteiger partial charge in [-0.25, -0.2) is 4.98 Å². The molecule has 160 valence electrons. The predicted molar refractivity (Wildman–Crippen MR) is 110 cm³/mol. The Bertz CT molecular complexity index is 1190. The van der Waals surface area contributed by atoms with Crippen LogP contribution < -0.4 is 19.5 Å². The van der Waals surface area contributed by atoms with E-state index < -0.39 is 12.5 Å². The van der Waals surface area contributed by atoms with Crippen molar-refractivity contribution < 1.29 is 32.2 Å². The van der Waals surface area contributed by atoms with Crippen LogP contribution in [0.3, 0.4) is 0 Å². The number of nitrogens with one attached hydrogen (secondary N) is 1. The van der Waals surface area contributed by atoms with Crippen molar-refractivity contribution in [2.45, 2.75) is 13.2 Å². The molecular formula is C21H16F2N2O5S. The molecule has 0 saturated carbocycles. The van der Waals surface area contributed by atoms with Gasteiger partial charge in [0.15, 0.2) is 10.9 Å². The quantitative estimate of drug-likeness (QED) is 0.394.